The van der Waals surface area contributed by atoms with Crippen LogP contribution < -0.4 is 5.32 Å². The van der Waals surface area contributed by atoms with Crippen molar-refractivity contribution in [2.24, 2.45) is 0 Å². The minimum atomic E-state index is -0.635. The predicted octanol–water partition coefficient (Wildman–Crippen LogP) is 3.87. The molecule has 1 aromatic rings. The Balaban J connectivity index is 2.03. The van der Waals surface area contributed by atoms with E-state index in [4.69, 9.17) is 4.74 Å². The Hall–Kier alpha value is -2.11. The first-order valence-electron chi connectivity index (χ1n) is 6.74. The topological polar surface area (TPSA) is 81.5 Å². The van der Waals surface area contributed by atoms with E-state index < -0.39 is 16.6 Å². The van der Waals surface area contributed by atoms with E-state index >= 15 is 0 Å². The van der Waals surface area contributed by atoms with Crippen molar-refractivity contribution in [1.82, 2.24) is 0 Å². The van der Waals surface area contributed by atoms with Crippen LogP contribution in [0.4, 0.5) is 16.2 Å². The van der Waals surface area contributed by atoms with Crippen molar-refractivity contribution in [2.45, 2.75) is 44.6 Å². The smallest absolute Gasteiger partial charge is 0.412 e. The molecule has 1 N–H and O–H groups in total. The van der Waals surface area contributed by atoms with Crippen LogP contribution in [0.3, 0.4) is 0 Å². The third kappa shape index (κ3) is 3.46. The normalized spacial score (nSPS) is 17.2. The Morgan fingerprint density at radius 2 is 1.95 bits per heavy atom. The zero-order valence-corrected chi connectivity index (χ0v) is 11.4. The molecule has 0 aliphatic heterocycles. The summed E-state index contributed by atoms with van der Waals surface area (Å²) < 4.78 is 5.44. The van der Waals surface area contributed by atoms with Gasteiger partial charge in [-0.2, -0.15) is 0 Å². The van der Waals surface area contributed by atoms with Gasteiger partial charge in [-0.05, 0) is 38.7 Å². The van der Waals surface area contributed by atoms with Gasteiger partial charge in [0.05, 0.1) is 4.92 Å². The number of ether oxygens (including phenoxy) is 1. The van der Waals surface area contributed by atoms with Gasteiger partial charge >= 0.3 is 6.09 Å². The molecule has 108 valence electrons. The van der Waals surface area contributed by atoms with E-state index in [1.807, 2.05) is 6.92 Å². The van der Waals surface area contributed by atoms with Crippen LogP contribution in [-0.2, 0) is 4.74 Å². The van der Waals surface area contributed by atoms with E-state index in [9.17, 15) is 14.9 Å². The fourth-order valence-corrected chi connectivity index (χ4v) is 2.50. The monoisotopic (exact) mass is 278 g/mol. The highest BCUT2D eigenvalue weighted by molar-refractivity contribution is 5.88. The number of carbonyl (C=O) groups excluding carboxylic acids is 1. The van der Waals surface area contributed by atoms with Crippen molar-refractivity contribution in [3.63, 3.8) is 0 Å². The second-order valence-corrected chi connectivity index (χ2v) is 5.30. The molecule has 0 radical (unpaired) electrons. The van der Waals surface area contributed by atoms with Crippen LogP contribution in [0.15, 0.2) is 24.3 Å². The molecule has 2 rings (SSSR count). The zero-order chi connectivity index (χ0) is 14.6. The third-order valence-electron chi connectivity index (χ3n) is 3.59. The molecule has 1 aliphatic carbocycles. The Kier molecular flexibility index (Phi) is 4.22. The average Bonchev–Trinajstić information content (AvgIpc) is 2.39. The van der Waals surface area contributed by atoms with E-state index in [0.29, 0.717) is 0 Å². The second-order valence-electron chi connectivity index (χ2n) is 5.30. The molecule has 0 saturated heterocycles. The van der Waals surface area contributed by atoms with Crippen LogP contribution in [0.25, 0.3) is 0 Å². The molecule has 0 atom stereocenters. The van der Waals surface area contributed by atoms with Crippen molar-refractivity contribution in [3.05, 3.63) is 34.4 Å². The Bertz CT molecular complexity index is 510. The van der Waals surface area contributed by atoms with Gasteiger partial charge in [-0.25, -0.2) is 4.79 Å². The summed E-state index contributed by atoms with van der Waals surface area (Å²) in [6.07, 6.45) is 4.26. The highest BCUT2D eigenvalue weighted by Crippen LogP contribution is 2.32. The van der Waals surface area contributed by atoms with Crippen LogP contribution in [0, 0.1) is 10.1 Å². The summed E-state index contributed by atoms with van der Waals surface area (Å²) in [6.45, 7) is 1.91. The molecule has 1 amide bonds. The van der Waals surface area contributed by atoms with Gasteiger partial charge in [-0.3, -0.25) is 15.4 Å². The van der Waals surface area contributed by atoms with Gasteiger partial charge in [0.15, 0.2) is 0 Å². The number of nitrogens with one attached hydrogen (secondary N) is 1. The van der Waals surface area contributed by atoms with Crippen molar-refractivity contribution in [1.29, 1.82) is 0 Å². The van der Waals surface area contributed by atoms with Crippen LogP contribution in [0.1, 0.15) is 39.0 Å². The zero-order valence-electron chi connectivity index (χ0n) is 11.4. The molecule has 0 aromatic heterocycles. The maximum atomic E-state index is 11.9. The van der Waals surface area contributed by atoms with Gasteiger partial charge in [-0.15, -0.1) is 0 Å². The number of para-hydroxylation sites is 2. The number of rotatable bonds is 3. The Morgan fingerprint density at radius 3 is 2.60 bits per heavy atom. The second kappa shape index (κ2) is 5.90. The van der Waals surface area contributed by atoms with Crippen LogP contribution in [-0.4, -0.2) is 16.6 Å². The maximum absolute atomic E-state index is 11.9. The molecule has 1 aromatic carbocycles. The average molecular weight is 278 g/mol. The first kappa shape index (κ1) is 14.3. The van der Waals surface area contributed by atoms with Gasteiger partial charge in [0, 0.05) is 6.07 Å². The number of nitrogens with zero attached hydrogens (tertiary/aromatic N) is 1. The molecule has 6 nitrogen and oxygen atoms in total. The van der Waals surface area contributed by atoms with Gasteiger partial charge in [0.1, 0.15) is 11.3 Å². The molecule has 0 spiro atoms. The molecule has 1 fully saturated rings. The molecule has 0 bridgehead atoms. The number of nitro benzene ring substituents is 1. The standard InChI is InChI=1S/C14H18N2O4/c1-14(9-5-2-6-10-14)20-13(17)15-11-7-3-4-8-12(11)16(18)19/h3-4,7-8H,2,5-6,9-10H2,1H3,(H,15,17). The summed E-state index contributed by atoms with van der Waals surface area (Å²) in [6, 6.07) is 6.02. The van der Waals surface area contributed by atoms with E-state index in [1.54, 1.807) is 12.1 Å². The predicted molar refractivity (Wildman–Crippen MR) is 74.7 cm³/mol. The molecular weight excluding hydrogens is 260 g/mol. The molecule has 20 heavy (non-hydrogen) atoms. The van der Waals surface area contributed by atoms with Crippen molar-refractivity contribution < 1.29 is 14.5 Å². The fourth-order valence-electron chi connectivity index (χ4n) is 2.50. The van der Waals surface area contributed by atoms with Crippen LogP contribution >= 0.6 is 0 Å². The maximum Gasteiger partial charge on any atom is 0.412 e. The van der Waals surface area contributed by atoms with Crippen molar-refractivity contribution in [2.75, 3.05) is 5.32 Å². The number of hydrogen-bond donors (Lipinski definition) is 1. The van der Waals surface area contributed by atoms with E-state index in [1.165, 1.54) is 12.1 Å². The summed E-state index contributed by atoms with van der Waals surface area (Å²) in [5.74, 6) is 0. The van der Waals surface area contributed by atoms with Crippen molar-refractivity contribution in [3.8, 4) is 0 Å². The highest BCUT2D eigenvalue weighted by Gasteiger charge is 2.31. The summed E-state index contributed by atoms with van der Waals surface area (Å²) in [7, 11) is 0. The van der Waals surface area contributed by atoms with Crippen molar-refractivity contribution >= 4 is 17.5 Å². The van der Waals surface area contributed by atoms with Gasteiger partial charge < -0.3 is 4.74 Å². The van der Waals surface area contributed by atoms with E-state index in [0.717, 1.165) is 32.1 Å². The lowest BCUT2D eigenvalue weighted by molar-refractivity contribution is -0.383. The number of anilines is 1. The number of hydrogen-bond acceptors (Lipinski definition) is 4. The molecular formula is C14H18N2O4. The Labute approximate surface area is 117 Å². The number of carbonyl (C=O) groups is 1. The van der Waals surface area contributed by atoms with E-state index in [-0.39, 0.29) is 11.4 Å². The molecule has 1 aliphatic rings. The van der Waals surface area contributed by atoms with Gasteiger partial charge in [0.25, 0.3) is 5.69 Å². The van der Waals surface area contributed by atoms with Gasteiger partial charge in [0.2, 0.25) is 0 Å². The quantitative estimate of drug-likeness (QED) is 0.672. The highest BCUT2D eigenvalue weighted by atomic mass is 16.6. The first-order chi connectivity index (χ1) is 9.50. The van der Waals surface area contributed by atoms with Crippen LogP contribution in [0.2, 0.25) is 0 Å². The molecule has 1 saturated carbocycles. The molecule has 6 heteroatoms. The summed E-state index contributed by atoms with van der Waals surface area (Å²) in [5.41, 5.74) is -0.452. The first-order valence-corrected chi connectivity index (χ1v) is 6.74. The van der Waals surface area contributed by atoms with Crippen LogP contribution in [0.5, 0.6) is 0 Å². The SMILES string of the molecule is CC1(OC(=O)Nc2ccccc2[N+](=O)[O-])CCCCC1. The lowest BCUT2D eigenvalue weighted by atomic mass is 9.86. The van der Waals surface area contributed by atoms with Gasteiger partial charge in [-0.1, -0.05) is 18.6 Å². The fraction of sp³-hybridized carbons (Fsp3) is 0.500. The largest absolute Gasteiger partial charge is 0.443 e. The van der Waals surface area contributed by atoms with E-state index in [2.05, 4.69) is 5.32 Å². The molecule has 0 heterocycles. The summed E-state index contributed by atoms with van der Waals surface area (Å²) in [4.78, 5) is 22.2. The number of amides is 1. The minimum absolute atomic E-state index is 0.141. The molecule has 0 unspecified atom stereocenters. The summed E-state index contributed by atoms with van der Waals surface area (Å²) >= 11 is 0. The number of benzene rings is 1. The third-order valence-corrected chi connectivity index (χ3v) is 3.59. The number of nitro groups is 1. The lowest BCUT2D eigenvalue weighted by Gasteiger charge is -2.32. The Morgan fingerprint density at radius 1 is 1.30 bits per heavy atom. The minimum Gasteiger partial charge on any atom is -0.443 e. The summed E-state index contributed by atoms with van der Waals surface area (Å²) in [5, 5.41) is 13.3. The lowest BCUT2D eigenvalue weighted by Crippen LogP contribution is -2.35.